The smallest absolute Gasteiger partial charge is 0.271 e. The normalized spacial score (nSPS) is 16.6. The van der Waals surface area contributed by atoms with E-state index >= 15 is 0 Å². The van der Waals surface area contributed by atoms with Crippen molar-refractivity contribution < 1.29 is 4.79 Å². The number of aromatic amines is 1. The van der Waals surface area contributed by atoms with E-state index in [1.54, 1.807) is 18.5 Å². The van der Waals surface area contributed by atoms with Crippen LogP contribution >= 0.6 is 0 Å². The number of nitrogens with zero attached hydrogens (tertiary/aromatic N) is 2. The van der Waals surface area contributed by atoms with E-state index in [4.69, 9.17) is 0 Å². The Labute approximate surface area is 183 Å². The summed E-state index contributed by atoms with van der Waals surface area (Å²) in [6.45, 7) is 6.12. The summed E-state index contributed by atoms with van der Waals surface area (Å²) in [6.07, 6.45) is 8.74. The van der Waals surface area contributed by atoms with Gasteiger partial charge in [-0.3, -0.25) is 9.59 Å². The van der Waals surface area contributed by atoms with Crippen LogP contribution in [0.5, 0.6) is 0 Å². The molecule has 1 aliphatic heterocycles. The van der Waals surface area contributed by atoms with Crippen LogP contribution in [0.4, 0.5) is 11.5 Å². The van der Waals surface area contributed by atoms with E-state index in [0.29, 0.717) is 24.8 Å². The molecule has 0 aliphatic carbocycles. The molecule has 166 valence electrons. The summed E-state index contributed by atoms with van der Waals surface area (Å²) in [5.41, 5.74) is 2.19. The van der Waals surface area contributed by atoms with Crippen molar-refractivity contribution in [1.29, 1.82) is 0 Å². The van der Waals surface area contributed by atoms with Gasteiger partial charge >= 0.3 is 0 Å². The molecule has 8 heteroatoms. The third-order valence-corrected chi connectivity index (χ3v) is 5.25. The number of carbonyl (C=O) groups excluding carboxylic acids is 1. The first-order valence-electron chi connectivity index (χ1n) is 10.8. The van der Waals surface area contributed by atoms with Crippen LogP contribution in [0.2, 0.25) is 0 Å². The molecule has 1 fully saturated rings. The van der Waals surface area contributed by atoms with E-state index in [2.05, 4.69) is 39.8 Å². The molecule has 3 heterocycles. The molecule has 2 aromatic heterocycles. The third kappa shape index (κ3) is 6.42. The highest BCUT2D eigenvalue weighted by Gasteiger charge is 2.23. The second-order valence-electron chi connectivity index (χ2n) is 8.04. The molecule has 1 aliphatic rings. The number of rotatable bonds is 8. The van der Waals surface area contributed by atoms with Gasteiger partial charge in [-0.2, -0.15) is 0 Å². The van der Waals surface area contributed by atoms with Gasteiger partial charge < -0.3 is 25.8 Å². The molecule has 8 nitrogen and oxygen atoms in total. The summed E-state index contributed by atoms with van der Waals surface area (Å²) in [5, 5.41) is 9.63. The van der Waals surface area contributed by atoms with Crippen molar-refractivity contribution in [2.45, 2.75) is 38.8 Å². The first-order chi connectivity index (χ1) is 15.0. The number of likely N-dealkylation sites (tertiary alicyclic amines) is 1. The molecule has 0 aromatic carbocycles. The highest BCUT2D eigenvalue weighted by atomic mass is 16.2. The van der Waals surface area contributed by atoms with Crippen LogP contribution in [0.1, 0.15) is 26.7 Å². The van der Waals surface area contributed by atoms with Crippen LogP contribution < -0.4 is 21.5 Å². The van der Waals surface area contributed by atoms with Gasteiger partial charge in [-0.05, 0) is 36.6 Å². The van der Waals surface area contributed by atoms with Crippen LogP contribution in [-0.2, 0) is 4.79 Å². The SMILES string of the molecule is CNc1cc(-c2c[nH]c(=O)c(N[C@@H]3CCCN(C(=O)C=CCNC(C)C)C3)c2)ccn1. The minimum absolute atomic E-state index is 0.0103. The standard InChI is InChI=1S/C23H32N6O2/c1-16(2)25-9-4-7-22(30)29-11-5-6-19(15-29)28-20-12-18(14-27-23(20)31)17-8-10-26-21(13-17)24-3/h4,7-8,10,12-14,16,19,25,28H,5-6,9,11,15H2,1-3H3,(H,24,26)(H,27,31)/t19-/m1/s1. The van der Waals surface area contributed by atoms with Crippen LogP contribution in [0.25, 0.3) is 11.1 Å². The van der Waals surface area contributed by atoms with Crippen molar-refractivity contribution in [3.8, 4) is 11.1 Å². The Balaban J connectivity index is 1.66. The maximum absolute atomic E-state index is 12.5. The summed E-state index contributed by atoms with van der Waals surface area (Å²) < 4.78 is 0. The molecular weight excluding hydrogens is 392 g/mol. The number of pyridine rings is 2. The van der Waals surface area contributed by atoms with E-state index in [9.17, 15) is 9.59 Å². The predicted molar refractivity (Wildman–Crippen MR) is 125 cm³/mol. The largest absolute Gasteiger partial charge is 0.376 e. The molecule has 4 N–H and O–H groups in total. The lowest BCUT2D eigenvalue weighted by Gasteiger charge is -2.33. The topological polar surface area (TPSA) is 102 Å². The van der Waals surface area contributed by atoms with Crippen molar-refractivity contribution in [2.24, 2.45) is 0 Å². The van der Waals surface area contributed by atoms with E-state index in [1.807, 2.05) is 36.2 Å². The molecular formula is C23H32N6O2. The number of carbonyl (C=O) groups is 1. The predicted octanol–water partition coefficient (Wildman–Crippen LogP) is 2.44. The Hall–Kier alpha value is -3.13. The zero-order valence-electron chi connectivity index (χ0n) is 18.4. The number of H-pyrrole nitrogens is 1. The van der Waals surface area contributed by atoms with Gasteiger partial charge in [0.25, 0.3) is 5.56 Å². The zero-order chi connectivity index (χ0) is 22.2. The van der Waals surface area contributed by atoms with Crippen LogP contribution in [0.3, 0.4) is 0 Å². The van der Waals surface area contributed by atoms with Crippen molar-refractivity contribution >= 4 is 17.4 Å². The molecule has 0 saturated carbocycles. The Morgan fingerprint density at radius 3 is 2.97 bits per heavy atom. The second-order valence-corrected chi connectivity index (χ2v) is 8.04. The number of hydrogen-bond acceptors (Lipinski definition) is 6. The first kappa shape index (κ1) is 22.6. The van der Waals surface area contributed by atoms with Crippen LogP contribution in [0, 0.1) is 0 Å². The lowest BCUT2D eigenvalue weighted by atomic mass is 10.0. The summed E-state index contributed by atoms with van der Waals surface area (Å²) in [4.78, 5) is 33.8. The van der Waals surface area contributed by atoms with Gasteiger partial charge in [-0.1, -0.05) is 19.9 Å². The summed E-state index contributed by atoms with van der Waals surface area (Å²) in [5.74, 6) is 0.771. The fraction of sp³-hybridized carbons (Fsp3) is 0.435. The molecule has 3 rings (SSSR count). The quantitative estimate of drug-likeness (QED) is 0.486. The molecule has 0 bridgehead atoms. The van der Waals surface area contributed by atoms with E-state index < -0.39 is 0 Å². The van der Waals surface area contributed by atoms with Gasteiger partial charge in [0, 0.05) is 62.8 Å². The molecule has 1 saturated heterocycles. The fourth-order valence-corrected chi connectivity index (χ4v) is 3.59. The second kappa shape index (κ2) is 10.8. The number of piperidine rings is 1. The third-order valence-electron chi connectivity index (χ3n) is 5.25. The molecule has 1 atom stereocenters. The molecule has 1 amide bonds. The van der Waals surface area contributed by atoms with E-state index in [1.165, 1.54) is 0 Å². The average molecular weight is 425 g/mol. The van der Waals surface area contributed by atoms with Crippen molar-refractivity contribution in [3.05, 3.63) is 53.1 Å². The summed E-state index contributed by atoms with van der Waals surface area (Å²) in [7, 11) is 1.82. The van der Waals surface area contributed by atoms with Crippen LogP contribution in [-0.4, -0.2) is 59.5 Å². The molecule has 31 heavy (non-hydrogen) atoms. The van der Waals surface area contributed by atoms with Gasteiger partial charge in [0.15, 0.2) is 0 Å². The molecule has 0 spiro atoms. The number of hydrogen-bond donors (Lipinski definition) is 4. The van der Waals surface area contributed by atoms with Crippen molar-refractivity contribution in [1.82, 2.24) is 20.2 Å². The Morgan fingerprint density at radius 2 is 2.19 bits per heavy atom. The minimum Gasteiger partial charge on any atom is -0.376 e. The zero-order valence-corrected chi connectivity index (χ0v) is 18.4. The number of nitrogens with one attached hydrogen (secondary N) is 4. The fourth-order valence-electron chi connectivity index (χ4n) is 3.59. The maximum Gasteiger partial charge on any atom is 0.271 e. The highest BCUT2D eigenvalue weighted by molar-refractivity contribution is 5.87. The minimum atomic E-state index is -0.172. The monoisotopic (exact) mass is 424 g/mol. The van der Waals surface area contributed by atoms with Gasteiger partial charge in [0.05, 0.1) is 0 Å². The van der Waals surface area contributed by atoms with E-state index in [-0.39, 0.29) is 17.5 Å². The Bertz CT molecular complexity index is 969. The number of aromatic nitrogens is 2. The molecule has 0 unspecified atom stereocenters. The lowest BCUT2D eigenvalue weighted by molar-refractivity contribution is -0.127. The number of anilines is 2. The van der Waals surface area contributed by atoms with Crippen molar-refractivity contribution in [3.63, 3.8) is 0 Å². The number of amides is 1. The van der Waals surface area contributed by atoms with Gasteiger partial charge in [0.2, 0.25) is 5.91 Å². The maximum atomic E-state index is 12.5. The van der Waals surface area contributed by atoms with E-state index in [0.717, 1.165) is 36.3 Å². The summed E-state index contributed by atoms with van der Waals surface area (Å²) >= 11 is 0. The van der Waals surface area contributed by atoms with Crippen molar-refractivity contribution in [2.75, 3.05) is 37.3 Å². The lowest BCUT2D eigenvalue weighted by Crippen LogP contribution is -2.45. The average Bonchev–Trinajstić information content (AvgIpc) is 2.78. The van der Waals surface area contributed by atoms with Gasteiger partial charge in [-0.15, -0.1) is 0 Å². The summed E-state index contributed by atoms with van der Waals surface area (Å²) in [6, 6.07) is 6.10. The molecule has 0 radical (unpaired) electrons. The highest BCUT2D eigenvalue weighted by Crippen LogP contribution is 2.22. The van der Waals surface area contributed by atoms with Crippen LogP contribution in [0.15, 0.2) is 47.5 Å². The van der Waals surface area contributed by atoms with Gasteiger partial charge in [0.1, 0.15) is 11.5 Å². The van der Waals surface area contributed by atoms with Gasteiger partial charge in [-0.25, -0.2) is 4.98 Å². The molecule has 2 aromatic rings. The Morgan fingerprint density at radius 1 is 1.35 bits per heavy atom. The first-order valence-corrected chi connectivity index (χ1v) is 10.8. The Kier molecular flexibility index (Phi) is 7.83.